The summed E-state index contributed by atoms with van der Waals surface area (Å²) in [7, 11) is 1.23. The maximum atomic E-state index is 12.2. The number of aliphatic hydroxyl groups is 1. The molecule has 0 unspecified atom stereocenters. The Morgan fingerprint density at radius 2 is 1.88 bits per heavy atom. The quantitative estimate of drug-likeness (QED) is 0.820. The predicted molar refractivity (Wildman–Crippen MR) is 81.0 cm³/mol. The van der Waals surface area contributed by atoms with Crippen LogP contribution in [0.4, 0.5) is 0 Å². The SMILES string of the molecule is COC(=O)[C@H]1[C@H](O)[C@H](OC(=O)c2ccccc2)CCC12OCCO2. The van der Waals surface area contributed by atoms with Gasteiger partial charge in [0, 0.05) is 6.42 Å². The summed E-state index contributed by atoms with van der Waals surface area (Å²) in [5.41, 5.74) is 0.382. The Hall–Kier alpha value is -1.96. The highest BCUT2D eigenvalue weighted by Crippen LogP contribution is 2.42. The van der Waals surface area contributed by atoms with Crippen molar-refractivity contribution < 1.29 is 33.6 Å². The van der Waals surface area contributed by atoms with Crippen molar-refractivity contribution in [2.24, 2.45) is 5.92 Å². The van der Waals surface area contributed by atoms with E-state index in [9.17, 15) is 14.7 Å². The van der Waals surface area contributed by atoms with Gasteiger partial charge in [-0.05, 0) is 18.6 Å². The lowest BCUT2D eigenvalue weighted by Gasteiger charge is -2.43. The van der Waals surface area contributed by atoms with E-state index in [0.717, 1.165) is 0 Å². The minimum Gasteiger partial charge on any atom is -0.469 e. The molecule has 3 rings (SSSR count). The molecule has 1 spiro atoms. The van der Waals surface area contributed by atoms with Crippen LogP contribution in [0.2, 0.25) is 0 Å². The minimum atomic E-state index is -1.27. The summed E-state index contributed by atoms with van der Waals surface area (Å²) >= 11 is 0. The van der Waals surface area contributed by atoms with Gasteiger partial charge in [-0.1, -0.05) is 18.2 Å². The Bertz CT molecular complexity index is 594. The van der Waals surface area contributed by atoms with Gasteiger partial charge in [0.15, 0.2) is 5.79 Å². The van der Waals surface area contributed by atoms with Crippen molar-refractivity contribution in [2.75, 3.05) is 20.3 Å². The largest absolute Gasteiger partial charge is 0.469 e. The van der Waals surface area contributed by atoms with Crippen LogP contribution in [0.1, 0.15) is 23.2 Å². The summed E-state index contributed by atoms with van der Waals surface area (Å²) in [6.07, 6.45) is -1.44. The monoisotopic (exact) mass is 336 g/mol. The van der Waals surface area contributed by atoms with Gasteiger partial charge >= 0.3 is 11.9 Å². The lowest BCUT2D eigenvalue weighted by molar-refractivity contribution is -0.255. The van der Waals surface area contributed by atoms with E-state index in [-0.39, 0.29) is 0 Å². The lowest BCUT2D eigenvalue weighted by atomic mass is 9.79. The predicted octanol–water partition coefficient (Wildman–Crippen LogP) is 0.899. The average molecular weight is 336 g/mol. The Labute approximate surface area is 139 Å². The van der Waals surface area contributed by atoms with Gasteiger partial charge in [-0.15, -0.1) is 0 Å². The van der Waals surface area contributed by atoms with Gasteiger partial charge in [0.2, 0.25) is 0 Å². The number of benzene rings is 1. The summed E-state index contributed by atoms with van der Waals surface area (Å²) in [4.78, 5) is 24.4. The smallest absolute Gasteiger partial charge is 0.338 e. The molecule has 7 nitrogen and oxygen atoms in total. The highest BCUT2D eigenvalue weighted by Gasteiger charge is 2.58. The Balaban J connectivity index is 1.77. The molecule has 1 aliphatic heterocycles. The molecule has 0 amide bonds. The van der Waals surface area contributed by atoms with Gasteiger partial charge in [0.25, 0.3) is 0 Å². The lowest BCUT2D eigenvalue weighted by Crippen LogP contribution is -2.58. The van der Waals surface area contributed by atoms with Gasteiger partial charge in [-0.3, -0.25) is 4.79 Å². The summed E-state index contributed by atoms with van der Waals surface area (Å²) in [5.74, 6) is -3.47. The highest BCUT2D eigenvalue weighted by atomic mass is 16.7. The molecule has 2 aliphatic rings. The average Bonchev–Trinajstić information content (AvgIpc) is 3.07. The molecule has 1 saturated heterocycles. The number of carbonyl (C=O) groups excluding carboxylic acids is 2. The fourth-order valence-corrected chi connectivity index (χ4v) is 3.29. The maximum absolute atomic E-state index is 12.2. The minimum absolute atomic E-state index is 0.327. The number of methoxy groups -OCH3 is 1. The standard InChI is InChI=1S/C17H20O7/c1-21-16(20)13-14(18)12(7-8-17(13)22-9-10-23-17)24-15(19)11-5-3-2-4-6-11/h2-6,12-14,18H,7-10H2,1H3/t12-,13-,14-/m1/s1. The summed E-state index contributed by atoms with van der Waals surface area (Å²) in [6.45, 7) is 0.684. The molecule has 24 heavy (non-hydrogen) atoms. The molecule has 1 aromatic carbocycles. The van der Waals surface area contributed by atoms with E-state index in [0.29, 0.717) is 31.6 Å². The zero-order valence-corrected chi connectivity index (χ0v) is 13.3. The maximum Gasteiger partial charge on any atom is 0.338 e. The first-order valence-corrected chi connectivity index (χ1v) is 7.87. The van der Waals surface area contributed by atoms with Crippen molar-refractivity contribution in [3.05, 3.63) is 35.9 Å². The molecule has 0 bridgehead atoms. The van der Waals surface area contributed by atoms with Crippen molar-refractivity contribution in [1.82, 2.24) is 0 Å². The van der Waals surface area contributed by atoms with Crippen LogP contribution in [0.5, 0.6) is 0 Å². The fraction of sp³-hybridized carbons (Fsp3) is 0.529. The molecule has 1 aromatic rings. The molecular formula is C17H20O7. The second-order valence-electron chi connectivity index (χ2n) is 5.85. The number of esters is 2. The molecule has 1 saturated carbocycles. The molecule has 3 atom stereocenters. The molecule has 1 heterocycles. The van der Waals surface area contributed by atoms with Gasteiger partial charge in [-0.25, -0.2) is 4.79 Å². The third-order valence-electron chi connectivity index (χ3n) is 4.47. The third-order valence-corrected chi connectivity index (χ3v) is 4.47. The van der Waals surface area contributed by atoms with Crippen LogP contribution in [0.25, 0.3) is 0 Å². The van der Waals surface area contributed by atoms with Crippen molar-refractivity contribution in [3.8, 4) is 0 Å². The van der Waals surface area contributed by atoms with Crippen LogP contribution < -0.4 is 0 Å². The van der Waals surface area contributed by atoms with Gasteiger partial charge in [0.1, 0.15) is 18.1 Å². The summed E-state index contributed by atoms with van der Waals surface area (Å²) < 4.78 is 21.4. The number of hydrogen-bond acceptors (Lipinski definition) is 7. The zero-order valence-electron chi connectivity index (χ0n) is 13.3. The number of hydrogen-bond donors (Lipinski definition) is 1. The first-order valence-electron chi connectivity index (χ1n) is 7.87. The molecule has 0 aromatic heterocycles. The number of ether oxygens (including phenoxy) is 4. The zero-order chi connectivity index (χ0) is 17.2. The molecule has 1 aliphatic carbocycles. The third kappa shape index (κ3) is 3.02. The van der Waals surface area contributed by atoms with Crippen molar-refractivity contribution in [2.45, 2.75) is 30.8 Å². The first-order chi connectivity index (χ1) is 11.6. The van der Waals surface area contributed by atoms with E-state index < -0.39 is 35.9 Å². The van der Waals surface area contributed by atoms with E-state index in [1.807, 2.05) is 0 Å². The molecule has 1 N–H and O–H groups in total. The summed E-state index contributed by atoms with van der Waals surface area (Å²) in [5, 5.41) is 10.6. The van der Waals surface area contributed by atoms with Crippen LogP contribution in [0.3, 0.4) is 0 Å². The summed E-state index contributed by atoms with van der Waals surface area (Å²) in [6, 6.07) is 8.48. The van der Waals surface area contributed by atoms with Crippen LogP contribution >= 0.6 is 0 Å². The number of rotatable bonds is 3. The topological polar surface area (TPSA) is 91.3 Å². The van der Waals surface area contributed by atoms with Crippen molar-refractivity contribution in [3.63, 3.8) is 0 Å². The first kappa shape index (κ1) is 16.9. The molecule has 2 fully saturated rings. The Morgan fingerprint density at radius 3 is 2.50 bits per heavy atom. The fourth-order valence-electron chi connectivity index (χ4n) is 3.29. The van der Waals surface area contributed by atoms with Gasteiger partial charge in [0.05, 0.1) is 25.9 Å². The van der Waals surface area contributed by atoms with E-state index >= 15 is 0 Å². The molecule has 7 heteroatoms. The van der Waals surface area contributed by atoms with Gasteiger partial charge < -0.3 is 24.1 Å². The van der Waals surface area contributed by atoms with Crippen LogP contribution in [-0.4, -0.2) is 55.4 Å². The van der Waals surface area contributed by atoms with Crippen molar-refractivity contribution >= 4 is 11.9 Å². The normalized spacial score (nSPS) is 28.5. The number of carbonyl (C=O) groups is 2. The number of aliphatic hydroxyl groups excluding tert-OH is 1. The van der Waals surface area contributed by atoms with Crippen LogP contribution in [0.15, 0.2) is 30.3 Å². The molecule has 130 valence electrons. The van der Waals surface area contributed by atoms with Crippen LogP contribution in [0, 0.1) is 5.92 Å². The molecular weight excluding hydrogens is 316 g/mol. The van der Waals surface area contributed by atoms with Crippen molar-refractivity contribution in [1.29, 1.82) is 0 Å². The second-order valence-corrected chi connectivity index (χ2v) is 5.85. The van der Waals surface area contributed by atoms with Crippen LogP contribution in [-0.2, 0) is 23.7 Å². The van der Waals surface area contributed by atoms with Gasteiger partial charge in [-0.2, -0.15) is 0 Å². The Kier molecular flexibility index (Phi) is 4.84. The Morgan fingerprint density at radius 1 is 1.21 bits per heavy atom. The highest BCUT2D eigenvalue weighted by molar-refractivity contribution is 5.89. The van der Waals surface area contributed by atoms with E-state index in [1.165, 1.54) is 7.11 Å². The van der Waals surface area contributed by atoms with E-state index in [2.05, 4.69) is 0 Å². The van der Waals surface area contributed by atoms with E-state index in [4.69, 9.17) is 18.9 Å². The molecule has 0 radical (unpaired) electrons. The van der Waals surface area contributed by atoms with E-state index in [1.54, 1.807) is 30.3 Å². The second kappa shape index (κ2) is 6.88.